The molecule has 1 rings (SSSR count). The smallest absolute Gasteiger partial charge is 0.320 e. The first-order valence-electron chi connectivity index (χ1n) is 4.82. The van der Waals surface area contributed by atoms with E-state index in [-0.39, 0.29) is 5.96 Å². The molecule has 6 nitrogen and oxygen atoms in total. The van der Waals surface area contributed by atoms with Gasteiger partial charge in [0.25, 0.3) is 0 Å². The van der Waals surface area contributed by atoms with Crippen molar-refractivity contribution in [2.75, 3.05) is 6.61 Å². The summed E-state index contributed by atoms with van der Waals surface area (Å²) in [5.41, 5.74) is 9.85. The first-order chi connectivity index (χ1) is 7.61. The summed E-state index contributed by atoms with van der Waals surface area (Å²) in [5.74, 6) is 0.663. The number of aromatic nitrogens is 2. The average Bonchev–Trinajstić information content (AvgIpc) is 2.16. The Labute approximate surface area is 94.2 Å². The number of hydroxylamine groups is 1. The molecule has 0 aliphatic carbocycles. The highest BCUT2D eigenvalue weighted by molar-refractivity contribution is 5.71. The highest BCUT2D eigenvalue weighted by atomic mass is 16.6. The molecule has 0 atom stereocenters. The topological polar surface area (TPSA) is 87.0 Å². The maximum absolute atomic E-state index is 5.60. The van der Waals surface area contributed by atoms with E-state index < -0.39 is 0 Å². The molecule has 0 aliphatic heterocycles. The largest absolute Gasteiger partial charge is 0.354 e. The third kappa shape index (κ3) is 4.05. The quantitative estimate of drug-likeness (QED) is 0.196. The highest BCUT2D eigenvalue weighted by Crippen LogP contribution is 1.97. The van der Waals surface area contributed by atoms with Gasteiger partial charge in [-0.15, -0.1) is 16.5 Å². The second-order valence-electron chi connectivity index (χ2n) is 3.21. The van der Waals surface area contributed by atoms with Gasteiger partial charge in [0.2, 0.25) is 0 Å². The van der Waals surface area contributed by atoms with Crippen molar-refractivity contribution in [1.82, 2.24) is 15.4 Å². The van der Waals surface area contributed by atoms with Crippen LogP contribution < -0.4 is 16.2 Å². The summed E-state index contributed by atoms with van der Waals surface area (Å²) in [4.78, 5) is 16.0. The molecule has 1 aromatic heterocycles. The fraction of sp³-hybridized carbons (Fsp3) is 0.300. The Morgan fingerprint density at radius 1 is 1.56 bits per heavy atom. The van der Waals surface area contributed by atoms with Gasteiger partial charge in [0.05, 0.1) is 11.4 Å². The number of nitrogens with one attached hydrogen (secondary N) is 2. The van der Waals surface area contributed by atoms with Gasteiger partial charge in [-0.2, -0.15) is 5.48 Å². The number of hydrogen-bond acceptors (Lipinski definition) is 3. The number of hydrogen-bond donors (Lipinski definition) is 3. The third-order valence-electron chi connectivity index (χ3n) is 1.61. The normalized spacial score (nSPS) is 11.2. The first-order valence-corrected chi connectivity index (χ1v) is 4.82. The van der Waals surface area contributed by atoms with E-state index in [1.54, 1.807) is 6.08 Å². The van der Waals surface area contributed by atoms with Crippen LogP contribution in [0.5, 0.6) is 0 Å². The molecule has 86 valence electrons. The van der Waals surface area contributed by atoms with Crippen molar-refractivity contribution in [1.29, 1.82) is 0 Å². The molecule has 0 radical (unpaired) electrons. The molecule has 0 aliphatic rings. The molecule has 0 aromatic carbocycles. The molecule has 4 N–H and O–H groups in total. The minimum atomic E-state index is 0.229. The van der Waals surface area contributed by atoms with Crippen molar-refractivity contribution in [2.45, 2.75) is 13.8 Å². The van der Waals surface area contributed by atoms with Crippen molar-refractivity contribution in [3.8, 4) is 0 Å². The second kappa shape index (κ2) is 5.82. The Balaban J connectivity index is 2.69. The molecule has 0 saturated carbocycles. The van der Waals surface area contributed by atoms with Crippen LogP contribution in [0, 0.1) is 13.8 Å². The van der Waals surface area contributed by atoms with Crippen molar-refractivity contribution >= 4 is 11.9 Å². The van der Waals surface area contributed by atoms with E-state index in [1.807, 2.05) is 19.9 Å². The molecule has 0 spiro atoms. The lowest BCUT2D eigenvalue weighted by Crippen LogP contribution is -2.74. The summed E-state index contributed by atoms with van der Waals surface area (Å²) < 4.78 is 0. The molecule has 0 bridgehead atoms. The SMILES string of the molecule is C=CCONC(N)=[NH+]c1nc(C)cc(C)n1. The molecule has 6 heteroatoms. The van der Waals surface area contributed by atoms with E-state index in [1.165, 1.54) is 0 Å². The number of aryl methyl sites for hydroxylation is 2. The van der Waals surface area contributed by atoms with Gasteiger partial charge in [0.1, 0.15) is 6.61 Å². The molecule has 0 unspecified atom stereocenters. The van der Waals surface area contributed by atoms with Crippen molar-refractivity contribution in [3.05, 3.63) is 30.1 Å². The standard InChI is InChI=1S/C10H15N5O/c1-4-5-16-15-9(11)14-10-12-7(2)6-8(3)13-10/h4,6H,1,5H2,2-3H3,(H3,11,12,13,14,15)/p+1. The van der Waals surface area contributed by atoms with Crippen LogP contribution in [0.3, 0.4) is 0 Å². The zero-order chi connectivity index (χ0) is 12.0. The summed E-state index contributed by atoms with van der Waals surface area (Å²) in [6, 6.07) is 1.88. The maximum atomic E-state index is 5.60. The molecule has 1 heterocycles. The Hall–Kier alpha value is -1.95. The van der Waals surface area contributed by atoms with E-state index in [0.717, 1.165) is 11.4 Å². The van der Waals surface area contributed by atoms with Gasteiger partial charge in [-0.1, -0.05) is 6.08 Å². The fourth-order valence-corrected chi connectivity index (χ4v) is 1.11. The van der Waals surface area contributed by atoms with Crippen LogP contribution in [0.1, 0.15) is 11.4 Å². The number of nitrogens with zero attached hydrogens (tertiary/aromatic N) is 2. The summed E-state index contributed by atoms with van der Waals surface area (Å²) in [6.45, 7) is 7.63. The Morgan fingerprint density at radius 2 is 2.19 bits per heavy atom. The maximum Gasteiger partial charge on any atom is 0.354 e. The van der Waals surface area contributed by atoms with Crippen LogP contribution in [-0.2, 0) is 4.84 Å². The van der Waals surface area contributed by atoms with Crippen LogP contribution >= 0.6 is 0 Å². The molecular weight excluding hydrogens is 206 g/mol. The summed E-state index contributed by atoms with van der Waals surface area (Å²) in [6.07, 6.45) is 1.60. The van der Waals surface area contributed by atoms with Crippen molar-refractivity contribution < 1.29 is 9.83 Å². The summed E-state index contributed by atoms with van der Waals surface area (Å²) in [5, 5.41) is 0. The fourth-order valence-electron chi connectivity index (χ4n) is 1.11. The van der Waals surface area contributed by atoms with Crippen LogP contribution in [0.2, 0.25) is 0 Å². The summed E-state index contributed by atoms with van der Waals surface area (Å²) in [7, 11) is 0. The zero-order valence-electron chi connectivity index (χ0n) is 9.45. The molecule has 0 fully saturated rings. The van der Waals surface area contributed by atoms with Crippen LogP contribution in [-0.4, -0.2) is 22.5 Å². The van der Waals surface area contributed by atoms with E-state index in [9.17, 15) is 0 Å². The van der Waals surface area contributed by atoms with Gasteiger partial charge >= 0.3 is 11.9 Å². The Kier molecular flexibility index (Phi) is 4.41. The highest BCUT2D eigenvalue weighted by Gasteiger charge is 2.04. The minimum Gasteiger partial charge on any atom is -0.320 e. The van der Waals surface area contributed by atoms with Gasteiger partial charge in [-0.3, -0.25) is 0 Å². The van der Waals surface area contributed by atoms with Gasteiger partial charge in [-0.25, -0.2) is 9.83 Å². The lowest BCUT2D eigenvalue weighted by Gasteiger charge is -1.99. The second-order valence-corrected chi connectivity index (χ2v) is 3.21. The minimum absolute atomic E-state index is 0.229. The summed E-state index contributed by atoms with van der Waals surface area (Å²) >= 11 is 0. The molecular formula is C10H16N5O+. The average molecular weight is 222 g/mol. The monoisotopic (exact) mass is 222 g/mol. The van der Waals surface area contributed by atoms with E-state index in [0.29, 0.717) is 12.6 Å². The van der Waals surface area contributed by atoms with E-state index >= 15 is 0 Å². The Morgan fingerprint density at radius 3 is 2.75 bits per heavy atom. The third-order valence-corrected chi connectivity index (χ3v) is 1.61. The van der Waals surface area contributed by atoms with Crippen molar-refractivity contribution in [3.63, 3.8) is 0 Å². The van der Waals surface area contributed by atoms with Crippen LogP contribution in [0.25, 0.3) is 0 Å². The molecule has 0 saturated heterocycles. The lowest BCUT2D eigenvalue weighted by molar-refractivity contribution is -0.371. The van der Waals surface area contributed by atoms with Crippen LogP contribution in [0.15, 0.2) is 18.7 Å². The Bertz CT molecular complexity index is 382. The zero-order valence-corrected chi connectivity index (χ0v) is 9.45. The van der Waals surface area contributed by atoms with Gasteiger partial charge < -0.3 is 5.73 Å². The molecule has 1 aromatic rings. The van der Waals surface area contributed by atoms with Crippen molar-refractivity contribution in [2.24, 2.45) is 5.73 Å². The van der Waals surface area contributed by atoms with Crippen LogP contribution in [0.4, 0.5) is 5.95 Å². The first kappa shape index (κ1) is 12.1. The lowest BCUT2D eigenvalue weighted by atomic mass is 10.4. The van der Waals surface area contributed by atoms with E-state index in [2.05, 4.69) is 27.0 Å². The predicted molar refractivity (Wildman–Crippen MR) is 60.6 cm³/mol. The van der Waals surface area contributed by atoms with Gasteiger partial charge in [0.15, 0.2) is 0 Å². The number of guanidine groups is 1. The number of rotatable bonds is 4. The molecule has 16 heavy (non-hydrogen) atoms. The number of nitrogens with two attached hydrogens (primary N) is 1. The van der Waals surface area contributed by atoms with E-state index in [4.69, 9.17) is 10.6 Å². The predicted octanol–water partition coefficient (Wildman–Crippen LogP) is -1.17. The van der Waals surface area contributed by atoms with Gasteiger partial charge in [-0.05, 0) is 13.8 Å². The molecule has 0 amide bonds. The van der Waals surface area contributed by atoms with Gasteiger partial charge in [0, 0.05) is 6.07 Å².